The molecule has 1 aromatic carbocycles. The lowest BCUT2D eigenvalue weighted by Gasteiger charge is -2.23. The second-order valence-electron chi connectivity index (χ2n) is 7.56. The molecule has 2 aromatic rings. The first-order valence-corrected chi connectivity index (χ1v) is 10.6. The molecule has 0 aliphatic rings. The molecule has 176 valence electrons. The molecule has 0 aliphatic carbocycles. The maximum Gasteiger partial charge on any atom is 0.255 e. The highest BCUT2D eigenvalue weighted by Crippen LogP contribution is 2.18. The van der Waals surface area contributed by atoms with Gasteiger partial charge in [0.25, 0.3) is 5.91 Å². The average Bonchev–Trinajstić information content (AvgIpc) is 2.79. The van der Waals surface area contributed by atoms with E-state index in [9.17, 15) is 19.7 Å². The van der Waals surface area contributed by atoms with E-state index in [0.717, 1.165) is 12.7 Å². The number of hydrogen-bond acceptors (Lipinski definition) is 7. The number of amides is 2. The second kappa shape index (κ2) is 13.0. The molecule has 1 heterocycles. The normalized spacial score (nSPS) is 11.0. The Morgan fingerprint density at radius 2 is 1.94 bits per heavy atom. The highest BCUT2D eigenvalue weighted by molar-refractivity contribution is 6.05. The lowest BCUT2D eigenvalue weighted by molar-refractivity contribution is -0.400. The fraction of sp³-hybridized carbons (Fsp3) is 0.348. The van der Waals surface area contributed by atoms with E-state index in [1.807, 2.05) is 25.9 Å². The summed E-state index contributed by atoms with van der Waals surface area (Å²) in [7, 11) is 3.93. The van der Waals surface area contributed by atoms with Crippen LogP contribution in [0.2, 0.25) is 0 Å². The zero-order valence-electron chi connectivity index (χ0n) is 19.2. The number of nitrogens with one attached hydrogen (secondary N) is 2. The minimum atomic E-state index is -0.562. The Morgan fingerprint density at radius 1 is 1.18 bits per heavy atom. The SMILES string of the molecule is CCN(CCN(C)C)C(=O)CNCc1cc(C(=O)Nc2ccccc2/C=C/[N+](=O)[O-])ccn1. The molecular formula is C23H30N6O4. The maximum absolute atomic E-state index is 12.7. The molecule has 2 amide bonds. The topological polar surface area (TPSA) is 121 Å². The molecule has 2 N–H and O–H groups in total. The van der Waals surface area contributed by atoms with Gasteiger partial charge in [-0.25, -0.2) is 0 Å². The number of aromatic nitrogens is 1. The summed E-state index contributed by atoms with van der Waals surface area (Å²) in [4.78, 5) is 43.2. The third kappa shape index (κ3) is 8.79. The number of carbonyl (C=O) groups is 2. The number of anilines is 1. The number of nitrogens with zero attached hydrogens (tertiary/aromatic N) is 4. The summed E-state index contributed by atoms with van der Waals surface area (Å²) < 4.78 is 0. The molecule has 0 saturated heterocycles. The van der Waals surface area contributed by atoms with E-state index in [-0.39, 0.29) is 18.4 Å². The summed E-state index contributed by atoms with van der Waals surface area (Å²) in [5, 5.41) is 16.5. The number of likely N-dealkylation sites (N-methyl/N-ethyl adjacent to an activating group) is 2. The molecule has 1 aromatic heterocycles. The minimum Gasteiger partial charge on any atom is -0.341 e. The van der Waals surface area contributed by atoms with Crippen molar-refractivity contribution in [2.45, 2.75) is 13.5 Å². The number of benzene rings is 1. The van der Waals surface area contributed by atoms with E-state index in [1.54, 1.807) is 41.3 Å². The molecule has 2 rings (SSSR count). The summed E-state index contributed by atoms with van der Waals surface area (Å²) in [6, 6.07) is 10.0. The summed E-state index contributed by atoms with van der Waals surface area (Å²) in [5.74, 6) is -0.356. The average molecular weight is 455 g/mol. The minimum absolute atomic E-state index is 0.00707. The van der Waals surface area contributed by atoms with Gasteiger partial charge in [-0.05, 0) is 39.2 Å². The van der Waals surface area contributed by atoms with Crippen molar-refractivity contribution in [3.8, 4) is 0 Å². The predicted molar refractivity (Wildman–Crippen MR) is 127 cm³/mol. The van der Waals surface area contributed by atoms with Crippen LogP contribution in [0.4, 0.5) is 5.69 Å². The van der Waals surface area contributed by atoms with E-state index in [2.05, 4.69) is 15.6 Å². The first-order valence-electron chi connectivity index (χ1n) is 10.6. The first-order chi connectivity index (χ1) is 15.8. The zero-order valence-corrected chi connectivity index (χ0v) is 19.2. The Bertz CT molecular complexity index is 992. The zero-order chi connectivity index (χ0) is 24.2. The molecule has 33 heavy (non-hydrogen) atoms. The van der Waals surface area contributed by atoms with Gasteiger partial charge in [0.05, 0.1) is 17.2 Å². The van der Waals surface area contributed by atoms with E-state index < -0.39 is 4.92 Å². The van der Waals surface area contributed by atoms with Crippen molar-refractivity contribution in [2.75, 3.05) is 45.6 Å². The Labute approximate surface area is 193 Å². The lowest BCUT2D eigenvalue weighted by atomic mass is 10.1. The molecule has 10 nitrogen and oxygen atoms in total. The Morgan fingerprint density at radius 3 is 2.64 bits per heavy atom. The van der Waals surface area contributed by atoms with Gasteiger partial charge in [0, 0.05) is 55.3 Å². The van der Waals surface area contributed by atoms with Crippen molar-refractivity contribution in [1.29, 1.82) is 0 Å². The number of hydrogen-bond donors (Lipinski definition) is 2. The summed E-state index contributed by atoms with van der Waals surface area (Å²) >= 11 is 0. The fourth-order valence-corrected chi connectivity index (χ4v) is 3.00. The predicted octanol–water partition coefficient (Wildman–Crippen LogP) is 2.08. The molecule has 0 atom stereocenters. The van der Waals surface area contributed by atoms with Gasteiger partial charge in [0.15, 0.2) is 0 Å². The van der Waals surface area contributed by atoms with Crippen molar-refractivity contribution in [1.82, 2.24) is 20.1 Å². The standard InChI is InChI=1S/C23H30N6O4/c1-4-28(14-13-27(2)3)22(30)17-24-16-20-15-19(9-11-25-20)23(31)26-21-8-6-5-7-18(21)10-12-29(32)33/h5-12,15,24H,4,13-14,16-17H2,1-3H3,(H,26,31)/b12-10+. The van der Waals surface area contributed by atoms with Crippen LogP contribution in [-0.4, -0.2) is 71.8 Å². The van der Waals surface area contributed by atoms with Crippen LogP contribution in [-0.2, 0) is 11.3 Å². The van der Waals surface area contributed by atoms with Crippen LogP contribution in [0.3, 0.4) is 0 Å². The third-order valence-corrected chi connectivity index (χ3v) is 4.80. The van der Waals surface area contributed by atoms with Gasteiger partial charge in [-0.15, -0.1) is 0 Å². The van der Waals surface area contributed by atoms with Gasteiger partial charge in [-0.2, -0.15) is 0 Å². The van der Waals surface area contributed by atoms with E-state index in [0.29, 0.717) is 42.1 Å². The third-order valence-electron chi connectivity index (χ3n) is 4.80. The summed E-state index contributed by atoms with van der Waals surface area (Å²) in [6.07, 6.45) is 3.68. The van der Waals surface area contributed by atoms with Gasteiger partial charge in [0.2, 0.25) is 12.1 Å². The smallest absolute Gasteiger partial charge is 0.255 e. The molecule has 0 bridgehead atoms. The molecule has 0 aliphatic heterocycles. The monoisotopic (exact) mass is 454 g/mol. The van der Waals surface area contributed by atoms with Gasteiger partial charge in [0.1, 0.15) is 0 Å². The number of nitro groups is 1. The number of rotatable bonds is 12. The van der Waals surface area contributed by atoms with Crippen molar-refractivity contribution >= 4 is 23.6 Å². The quantitative estimate of drug-likeness (QED) is 0.372. The van der Waals surface area contributed by atoms with Crippen LogP contribution in [0, 0.1) is 10.1 Å². The molecule has 0 fully saturated rings. The highest BCUT2D eigenvalue weighted by atomic mass is 16.6. The van der Waals surface area contributed by atoms with Crippen molar-refractivity contribution in [3.63, 3.8) is 0 Å². The van der Waals surface area contributed by atoms with Crippen molar-refractivity contribution in [3.05, 3.63) is 75.7 Å². The molecule has 10 heteroatoms. The molecule has 0 saturated carbocycles. The fourth-order valence-electron chi connectivity index (χ4n) is 3.00. The Kier molecular flexibility index (Phi) is 10.1. The Hall–Kier alpha value is -3.63. The highest BCUT2D eigenvalue weighted by Gasteiger charge is 2.13. The molecule has 0 radical (unpaired) electrons. The van der Waals surface area contributed by atoms with E-state index in [1.165, 1.54) is 12.3 Å². The van der Waals surface area contributed by atoms with Crippen LogP contribution >= 0.6 is 0 Å². The molecule has 0 unspecified atom stereocenters. The van der Waals surface area contributed by atoms with E-state index >= 15 is 0 Å². The van der Waals surface area contributed by atoms with Gasteiger partial charge in [-0.1, -0.05) is 18.2 Å². The van der Waals surface area contributed by atoms with Crippen LogP contribution in [0.1, 0.15) is 28.5 Å². The number of pyridine rings is 1. The van der Waals surface area contributed by atoms with Crippen molar-refractivity contribution < 1.29 is 14.5 Å². The molecular weight excluding hydrogens is 424 g/mol. The summed E-state index contributed by atoms with van der Waals surface area (Å²) in [6.45, 7) is 4.55. The number of carbonyl (C=O) groups excluding carboxylic acids is 2. The second-order valence-corrected chi connectivity index (χ2v) is 7.56. The van der Waals surface area contributed by atoms with Crippen molar-refractivity contribution in [2.24, 2.45) is 0 Å². The van der Waals surface area contributed by atoms with Gasteiger partial charge < -0.3 is 20.4 Å². The summed E-state index contributed by atoms with van der Waals surface area (Å²) in [5.41, 5.74) is 1.99. The van der Waals surface area contributed by atoms with Crippen LogP contribution < -0.4 is 10.6 Å². The van der Waals surface area contributed by atoms with Gasteiger partial charge in [-0.3, -0.25) is 24.7 Å². The lowest BCUT2D eigenvalue weighted by Crippen LogP contribution is -2.41. The van der Waals surface area contributed by atoms with Crippen LogP contribution in [0.15, 0.2) is 48.8 Å². The molecule has 0 spiro atoms. The van der Waals surface area contributed by atoms with Gasteiger partial charge >= 0.3 is 0 Å². The number of para-hydroxylation sites is 1. The maximum atomic E-state index is 12.7. The Balaban J connectivity index is 1.96. The van der Waals surface area contributed by atoms with Crippen LogP contribution in [0.25, 0.3) is 6.08 Å². The van der Waals surface area contributed by atoms with Crippen LogP contribution in [0.5, 0.6) is 0 Å². The first kappa shape index (κ1) is 25.6. The van der Waals surface area contributed by atoms with E-state index in [4.69, 9.17) is 0 Å². The largest absolute Gasteiger partial charge is 0.341 e.